The molecule has 3 rings (SSSR count). The van der Waals surface area contributed by atoms with Crippen LogP contribution in [-0.2, 0) is 11.3 Å². The van der Waals surface area contributed by atoms with Gasteiger partial charge in [0.05, 0.1) is 10.9 Å². The molecule has 26 heavy (non-hydrogen) atoms. The zero-order chi connectivity index (χ0) is 18.8. The Balaban J connectivity index is 1.80. The molecule has 2 heterocycles. The van der Waals surface area contributed by atoms with Gasteiger partial charge in [-0.1, -0.05) is 6.92 Å². The number of nitrogens with zero attached hydrogens (tertiary/aromatic N) is 2. The number of carbonyl (C=O) groups excluding carboxylic acids is 2. The van der Waals surface area contributed by atoms with Crippen molar-refractivity contribution in [1.29, 1.82) is 0 Å². The van der Waals surface area contributed by atoms with Crippen molar-refractivity contribution in [2.45, 2.75) is 39.3 Å². The number of amides is 2. The highest BCUT2D eigenvalue weighted by Gasteiger charge is 2.26. The second-order valence-corrected chi connectivity index (χ2v) is 6.39. The molecule has 1 fully saturated rings. The molecule has 1 aliphatic heterocycles. The van der Waals surface area contributed by atoms with Gasteiger partial charge < -0.3 is 15.2 Å². The van der Waals surface area contributed by atoms with Gasteiger partial charge in [0.2, 0.25) is 5.91 Å². The van der Waals surface area contributed by atoms with E-state index in [0.29, 0.717) is 42.4 Å². The maximum Gasteiger partial charge on any atom is 0.328 e. The normalized spacial score (nSPS) is 16.8. The Hall–Kier alpha value is -2.90. The van der Waals surface area contributed by atoms with Gasteiger partial charge in [-0.25, -0.2) is 4.79 Å². The Morgan fingerprint density at radius 3 is 2.73 bits per heavy atom. The van der Waals surface area contributed by atoms with Gasteiger partial charge in [-0.05, 0) is 31.5 Å². The van der Waals surface area contributed by atoms with E-state index in [1.165, 1.54) is 6.07 Å². The van der Waals surface area contributed by atoms with Crippen LogP contribution in [-0.4, -0.2) is 45.4 Å². The van der Waals surface area contributed by atoms with Crippen molar-refractivity contribution in [2.75, 3.05) is 13.1 Å². The summed E-state index contributed by atoms with van der Waals surface area (Å²) in [6, 6.07) is 4.54. The van der Waals surface area contributed by atoms with E-state index in [9.17, 15) is 19.2 Å². The van der Waals surface area contributed by atoms with Crippen LogP contribution in [0.2, 0.25) is 0 Å². The number of H-pyrrole nitrogens is 1. The van der Waals surface area contributed by atoms with E-state index in [2.05, 4.69) is 10.3 Å². The third kappa shape index (κ3) is 3.26. The Morgan fingerprint density at radius 1 is 1.27 bits per heavy atom. The Bertz CT molecular complexity index is 975. The second kappa shape index (κ2) is 7.15. The third-order valence-electron chi connectivity index (χ3n) is 4.74. The molecule has 0 radical (unpaired) electrons. The van der Waals surface area contributed by atoms with Crippen LogP contribution in [0, 0.1) is 0 Å². The molecule has 138 valence electrons. The molecule has 1 saturated heterocycles. The first-order chi connectivity index (χ1) is 12.4. The monoisotopic (exact) mass is 358 g/mol. The third-order valence-corrected chi connectivity index (χ3v) is 4.74. The van der Waals surface area contributed by atoms with Gasteiger partial charge >= 0.3 is 5.69 Å². The highest BCUT2D eigenvalue weighted by molar-refractivity contribution is 5.97. The summed E-state index contributed by atoms with van der Waals surface area (Å²) in [5.74, 6) is -0.208. The number of likely N-dealkylation sites (tertiary alicyclic amines) is 1. The van der Waals surface area contributed by atoms with E-state index in [1.807, 2.05) is 6.92 Å². The first kappa shape index (κ1) is 17.9. The lowest BCUT2D eigenvalue weighted by atomic mass is 10.1. The molecule has 8 nitrogen and oxygen atoms in total. The Kier molecular flexibility index (Phi) is 4.92. The fourth-order valence-electron chi connectivity index (χ4n) is 3.28. The van der Waals surface area contributed by atoms with Crippen LogP contribution in [0.5, 0.6) is 0 Å². The summed E-state index contributed by atoms with van der Waals surface area (Å²) in [5.41, 5.74) is -0.164. The molecule has 1 atom stereocenters. The molecule has 2 amide bonds. The van der Waals surface area contributed by atoms with E-state index >= 15 is 0 Å². The Morgan fingerprint density at radius 2 is 2.04 bits per heavy atom. The standard InChI is InChI=1S/C18H22N4O4/c1-3-15(23)21-8-7-12(10-21)19-16(24)11-5-6-13-14(9-11)20-18(26)22(4-2)17(13)25/h5-6,9,12H,3-4,7-8,10H2,1-2H3,(H,19,24)(H,20,26). The number of carbonyl (C=O) groups is 2. The van der Waals surface area contributed by atoms with E-state index < -0.39 is 5.69 Å². The second-order valence-electron chi connectivity index (χ2n) is 6.39. The number of hydrogen-bond donors (Lipinski definition) is 2. The van der Waals surface area contributed by atoms with Crippen LogP contribution in [0.4, 0.5) is 0 Å². The smallest absolute Gasteiger partial charge is 0.328 e. The van der Waals surface area contributed by atoms with Gasteiger partial charge in [0.15, 0.2) is 0 Å². The zero-order valence-electron chi connectivity index (χ0n) is 14.9. The van der Waals surface area contributed by atoms with Crippen molar-refractivity contribution in [3.05, 3.63) is 44.6 Å². The van der Waals surface area contributed by atoms with Crippen molar-refractivity contribution < 1.29 is 9.59 Å². The number of rotatable bonds is 4. The lowest BCUT2D eigenvalue weighted by molar-refractivity contribution is -0.129. The molecule has 0 aliphatic carbocycles. The molecule has 0 bridgehead atoms. The minimum absolute atomic E-state index is 0.0808. The summed E-state index contributed by atoms with van der Waals surface area (Å²) in [7, 11) is 0. The molecular formula is C18H22N4O4. The fourth-order valence-corrected chi connectivity index (χ4v) is 3.28. The van der Waals surface area contributed by atoms with E-state index in [-0.39, 0.29) is 30.0 Å². The maximum atomic E-state index is 12.5. The number of hydrogen-bond acceptors (Lipinski definition) is 4. The highest BCUT2D eigenvalue weighted by atomic mass is 16.2. The molecule has 0 spiro atoms. The largest absolute Gasteiger partial charge is 0.347 e. The summed E-state index contributed by atoms with van der Waals surface area (Å²) < 4.78 is 1.11. The predicted octanol–water partition coefficient (Wildman–Crippen LogP) is 0.450. The number of fused-ring (bicyclic) bond motifs is 1. The molecule has 2 aromatic rings. The molecule has 1 aromatic heterocycles. The highest BCUT2D eigenvalue weighted by Crippen LogP contribution is 2.13. The Labute approximate surface area is 149 Å². The molecular weight excluding hydrogens is 336 g/mol. The number of benzene rings is 1. The van der Waals surface area contributed by atoms with Gasteiger partial charge in [-0.3, -0.25) is 19.0 Å². The van der Waals surface area contributed by atoms with Crippen molar-refractivity contribution in [1.82, 2.24) is 19.8 Å². The van der Waals surface area contributed by atoms with Gasteiger partial charge in [0.25, 0.3) is 11.5 Å². The minimum atomic E-state index is -0.493. The average molecular weight is 358 g/mol. The lowest BCUT2D eigenvalue weighted by Gasteiger charge is -2.16. The average Bonchev–Trinajstić information content (AvgIpc) is 3.09. The van der Waals surface area contributed by atoms with E-state index in [4.69, 9.17) is 0 Å². The number of aromatic nitrogens is 2. The van der Waals surface area contributed by atoms with Crippen molar-refractivity contribution >= 4 is 22.7 Å². The summed E-state index contributed by atoms with van der Waals surface area (Å²) in [6.45, 7) is 4.96. The molecule has 1 aliphatic rings. The minimum Gasteiger partial charge on any atom is -0.347 e. The van der Waals surface area contributed by atoms with Gasteiger partial charge in [-0.2, -0.15) is 0 Å². The first-order valence-corrected chi connectivity index (χ1v) is 8.80. The number of aromatic amines is 1. The van der Waals surface area contributed by atoms with E-state index in [1.54, 1.807) is 24.0 Å². The summed E-state index contributed by atoms with van der Waals surface area (Å²) >= 11 is 0. The number of nitrogens with one attached hydrogen (secondary N) is 2. The summed E-state index contributed by atoms with van der Waals surface area (Å²) in [6.07, 6.45) is 1.16. The summed E-state index contributed by atoms with van der Waals surface area (Å²) in [4.78, 5) is 52.8. The van der Waals surface area contributed by atoms with Gasteiger partial charge in [0.1, 0.15) is 0 Å². The quantitative estimate of drug-likeness (QED) is 0.828. The van der Waals surface area contributed by atoms with Gasteiger partial charge in [-0.15, -0.1) is 0 Å². The first-order valence-electron chi connectivity index (χ1n) is 8.80. The van der Waals surface area contributed by atoms with Crippen LogP contribution >= 0.6 is 0 Å². The van der Waals surface area contributed by atoms with Crippen LogP contribution in [0.25, 0.3) is 10.9 Å². The van der Waals surface area contributed by atoms with E-state index in [0.717, 1.165) is 4.57 Å². The van der Waals surface area contributed by atoms with Gasteiger partial charge in [0, 0.05) is 37.7 Å². The van der Waals surface area contributed by atoms with Crippen LogP contribution in [0.3, 0.4) is 0 Å². The molecule has 1 aromatic carbocycles. The summed E-state index contributed by atoms with van der Waals surface area (Å²) in [5, 5.41) is 3.28. The van der Waals surface area contributed by atoms with Crippen molar-refractivity contribution in [2.24, 2.45) is 0 Å². The maximum absolute atomic E-state index is 12.5. The van der Waals surface area contributed by atoms with Crippen molar-refractivity contribution in [3.8, 4) is 0 Å². The van der Waals surface area contributed by atoms with Crippen molar-refractivity contribution in [3.63, 3.8) is 0 Å². The molecule has 0 saturated carbocycles. The SMILES string of the molecule is CCC(=O)N1CCC(NC(=O)c2ccc3c(=O)n(CC)c(=O)[nH]c3c2)C1. The lowest BCUT2D eigenvalue weighted by Crippen LogP contribution is -2.38. The zero-order valence-corrected chi connectivity index (χ0v) is 14.9. The molecule has 2 N–H and O–H groups in total. The molecule has 1 unspecified atom stereocenters. The molecule has 8 heteroatoms. The fraction of sp³-hybridized carbons (Fsp3) is 0.444. The van der Waals surface area contributed by atoms with Crippen LogP contribution in [0.15, 0.2) is 27.8 Å². The predicted molar refractivity (Wildman–Crippen MR) is 97.2 cm³/mol. The van der Waals surface area contributed by atoms with Crippen LogP contribution in [0.1, 0.15) is 37.0 Å². The van der Waals surface area contributed by atoms with Crippen LogP contribution < -0.4 is 16.6 Å². The topological polar surface area (TPSA) is 104 Å².